The first-order chi connectivity index (χ1) is 10.4. The number of hydrogen-bond donors (Lipinski definition) is 1. The fourth-order valence-electron chi connectivity index (χ4n) is 2.20. The molecule has 0 aromatic heterocycles. The Hall–Kier alpha value is -1.07. The topological polar surface area (TPSA) is 41.5 Å². The van der Waals surface area contributed by atoms with Gasteiger partial charge in [0.05, 0.1) is 21.4 Å². The van der Waals surface area contributed by atoms with Crippen LogP contribution in [0.15, 0.2) is 33.7 Å². The maximum absolute atomic E-state index is 12.2. The second-order valence-electron chi connectivity index (χ2n) is 4.73. The summed E-state index contributed by atoms with van der Waals surface area (Å²) in [6.45, 7) is 1.84. The Morgan fingerprint density at radius 1 is 1.18 bits per heavy atom. The van der Waals surface area contributed by atoms with Crippen molar-refractivity contribution < 1.29 is 4.79 Å². The van der Waals surface area contributed by atoms with Gasteiger partial charge in [0.1, 0.15) is 5.71 Å². The second kappa shape index (κ2) is 5.85. The SMILES string of the molecule is Cc1c(Cl)c(Br)cc2c1NC(=O)C2=Nc1ccc(Cl)cc1Cl. The van der Waals surface area contributed by atoms with Gasteiger partial charge in [-0.15, -0.1) is 0 Å². The van der Waals surface area contributed by atoms with Crippen molar-refractivity contribution in [2.75, 3.05) is 5.32 Å². The third-order valence-electron chi connectivity index (χ3n) is 3.31. The second-order valence-corrected chi connectivity index (χ2v) is 6.81. The lowest BCUT2D eigenvalue weighted by Crippen LogP contribution is -2.14. The van der Waals surface area contributed by atoms with Crippen LogP contribution in [0.25, 0.3) is 0 Å². The molecule has 0 bridgehead atoms. The monoisotopic (exact) mass is 416 g/mol. The molecular formula is C15H8BrCl3N2O. The van der Waals surface area contributed by atoms with E-state index in [4.69, 9.17) is 34.8 Å². The molecule has 1 heterocycles. The maximum Gasteiger partial charge on any atom is 0.275 e. The molecule has 0 unspecified atom stereocenters. The first kappa shape index (κ1) is 15.8. The number of anilines is 1. The molecule has 0 saturated carbocycles. The number of carbonyl (C=O) groups excluding carboxylic acids is 1. The minimum Gasteiger partial charge on any atom is -0.320 e. The summed E-state index contributed by atoms with van der Waals surface area (Å²) in [6.07, 6.45) is 0. The minimum absolute atomic E-state index is 0.291. The fourth-order valence-corrected chi connectivity index (χ4v) is 3.33. The van der Waals surface area contributed by atoms with Gasteiger partial charge >= 0.3 is 0 Å². The van der Waals surface area contributed by atoms with Crippen LogP contribution in [0.2, 0.25) is 15.1 Å². The first-order valence-corrected chi connectivity index (χ1v) is 8.15. The van der Waals surface area contributed by atoms with Crippen molar-refractivity contribution in [1.82, 2.24) is 0 Å². The molecule has 0 fully saturated rings. The van der Waals surface area contributed by atoms with Gasteiger partial charge < -0.3 is 5.32 Å². The Labute approximate surface area is 150 Å². The fraction of sp³-hybridized carbons (Fsp3) is 0.0667. The van der Waals surface area contributed by atoms with Gasteiger partial charge in [0, 0.05) is 15.1 Å². The molecule has 0 saturated heterocycles. The predicted molar refractivity (Wildman–Crippen MR) is 95.2 cm³/mol. The van der Waals surface area contributed by atoms with Crippen molar-refractivity contribution in [2.45, 2.75) is 6.92 Å². The van der Waals surface area contributed by atoms with Crippen LogP contribution in [0, 0.1) is 6.92 Å². The van der Waals surface area contributed by atoms with Crippen molar-refractivity contribution >= 4 is 73.7 Å². The number of fused-ring (bicyclic) bond motifs is 1. The van der Waals surface area contributed by atoms with Gasteiger partial charge in [-0.1, -0.05) is 34.8 Å². The molecule has 1 aliphatic rings. The highest BCUT2D eigenvalue weighted by atomic mass is 79.9. The van der Waals surface area contributed by atoms with Gasteiger partial charge in [-0.3, -0.25) is 4.79 Å². The summed E-state index contributed by atoms with van der Waals surface area (Å²) in [4.78, 5) is 16.6. The van der Waals surface area contributed by atoms with E-state index in [0.717, 1.165) is 5.56 Å². The Kier molecular flexibility index (Phi) is 4.21. The maximum atomic E-state index is 12.2. The number of halogens is 4. The molecule has 0 aliphatic carbocycles. The van der Waals surface area contributed by atoms with Gasteiger partial charge in [-0.25, -0.2) is 4.99 Å². The van der Waals surface area contributed by atoms with Crippen molar-refractivity contribution in [1.29, 1.82) is 0 Å². The highest BCUT2D eigenvalue weighted by molar-refractivity contribution is 9.10. The lowest BCUT2D eigenvalue weighted by molar-refractivity contribution is -0.110. The van der Waals surface area contributed by atoms with E-state index >= 15 is 0 Å². The number of amides is 1. The molecule has 3 rings (SSSR count). The Morgan fingerprint density at radius 2 is 1.91 bits per heavy atom. The average Bonchev–Trinajstić information content (AvgIpc) is 2.76. The molecule has 1 amide bonds. The first-order valence-electron chi connectivity index (χ1n) is 6.22. The quantitative estimate of drug-likeness (QED) is 0.626. The molecule has 0 spiro atoms. The number of nitrogens with zero attached hydrogens (tertiary/aromatic N) is 1. The van der Waals surface area contributed by atoms with Crippen LogP contribution >= 0.6 is 50.7 Å². The van der Waals surface area contributed by atoms with Crippen LogP contribution in [0.4, 0.5) is 11.4 Å². The number of nitrogens with one attached hydrogen (secondary N) is 1. The number of carbonyl (C=O) groups is 1. The summed E-state index contributed by atoms with van der Waals surface area (Å²) in [5.74, 6) is -0.293. The van der Waals surface area contributed by atoms with E-state index in [1.807, 2.05) is 6.92 Å². The zero-order chi connectivity index (χ0) is 16.0. The lowest BCUT2D eigenvalue weighted by atomic mass is 10.1. The Bertz CT molecular complexity index is 849. The number of benzene rings is 2. The molecule has 2 aromatic carbocycles. The van der Waals surface area contributed by atoms with E-state index < -0.39 is 0 Å². The highest BCUT2D eigenvalue weighted by Gasteiger charge is 2.29. The van der Waals surface area contributed by atoms with Crippen molar-refractivity contribution in [2.24, 2.45) is 4.99 Å². The van der Waals surface area contributed by atoms with Gasteiger partial charge in [0.25, 0.3) is 5.91 Å². The van der Waals surface area contributed by atoms with Crippen molar-refractivity contribution in [3.63, 3.8) is 0 Å². The van der Waals surface area contributed by atoms with E-state index in [2.05, 4.69) is 26.2 Å². The van der Waals surface area contributed by atoms with Crippen molar-refractivity contribution in [3.8, 4) is 0 Å². The minimum atomic E-state index is -0.293. The van der Waals surface area contributed by atoms with E-state index in [1.165, 1.54) is 0 Å². The van der Waals surface area contributed by atoms with Crippen LogP contribution in [-0.2, 0) is 4.79 Å². The van der Waals surface area contributed by atoms with Gasteiger partial charge in [0.15, 0.2) is 0 Å². The van der Waals surface area contributed by atoms with Gasteiger partial charge in [-0.05, 0) is 52.7 Å². The van der Waals surface area contributed by atoms with Crippen molar-refractivity contribution in [3.05, 3.63) is 54.9 Å². The summed E-state index contributed by atoms with van der Waals surface area (Å²) in [5.41, 5.74) is 2.91. The zero-order valence-corrected chi connectivity index (χ0v) is 15.0. The number of aliphatic imine (C=N–C) groups is 1. The molecule has 112 valence electrons. The van der Waals surface area contributed by atoms with Crippen LogP contribution in [0.3, 0.4) is 0 Å². The number of hydrogen-bond acceptors (Lipinski definition) is 2. The lowest BCUT2D eigenvalue weighted by Gasteiger charge is -2.07. The van der Waals surface area contributed by atoms with Crippen LogP contribution in [0.1, 0.15) is 11.1 Å². The normalized spacial score (nSPS) is 15.1. The summed E-state index contributed by atoms with van der Waals surface area (Å²) in [5, 5.41) is 4.24. The molecule has 2 aromatic rings. The molecular weight excluding hydrogens is 410 g/mol. The smallest absolute Gasteiger partial charge is 0.275 e. The van der Waals surface area contributed by atoms with E-state index in [0.29, 0.717) is 42.2 Å². The summed E-state index contributed by atoms with van der Waals surface area (Å²) < 4.78 is 0.705. The molecule has 7 heteroatoms. The highest BCUT2D eigenvalue weighted by Crippen LogP contribution is 2.38. The molecule has 1 aliphatic heterocycles. The van der Waals surface area contributed by atoms with E-state index in [9.17, 15) is 4.79 Å². The summed E-state index contributed by atoms with van der Waals surface area (Å²) >= 11 is 21.6. The molecule has 22 heavy (non-hydrogen) atoms. The van der Waals surface area contributed by atoms with Gasteiger partial charge in [0.2, 0.25) is 0 Å². The van der Waals surface area contributed by atoms with Crippen LogP contribution < -0.4 is 5.32 Å². The van der Waals surface area contributed by atoms with Crippen LogP contribution in [-0.4, -0.2) is 11.6 Å². The van der Waals surface area contributed by atoms with E-state index in [-0.39, 0.29) is 5.91 Å². The Balaban J connectivity index is 2.18. The summed E-state index contributed by atoms with van der Waals surface area (Å²) in [6, 6.07) is 6.69. The predicted octanol–water partition coefficient (Wildman–Crippen LogP) is 5.79. The largest absolute Gasteiger partial charge is 0.320 e. The molecule has 3 nitrogen and oxygen atoms in total. The summed E-state index contributed by atoms with van der Waals surface area (Å²) in [7, 11) is 0. The molecule has 0 atom stereocenters. The standard InChI is InChI=1S/C15H8BrCl3N2O/c1-6-12(19)9(16)5-8-13(6)21-15(22)14(8)20-11-3-2-7(17)4-10(11)18/h2-5H,1H3,(H,20,21,22). The molecule has 1 N–H and O–H groups in total. The van der Waals surface area contributed by atoms with Gasteiger partial charge in [-0.2, -0.15) is 0 Å². The third kappa shape index (κ3) is 2.65. The van der Waals surface area contributed by atoms with Crippen LogP contribution in [0.5, 0.6) is 0 Å². The van der Waals surface area contributed by atoms with E-state index in [1.54, 1.807) is 24.3 Å². The average molecular weight is 419 g/mol. The third-order valence-corrected chi connectivity index (χ3v) is 5.18. The Morgan fingerprint density at radius 3 is 2.59 bits per heavy atom. The zero-order valence-electron chi connectivity index (χ0n) is 11.2. The number of rotatable bonds is 1. The molecule has 0 radical (unpaired) electrons.